The van der Waals surface area contributed by atoms with Crippen LogP contribution >= 0.6 is 15.9 Å². The maximum absolute atomic E-state index is 12.6. The minimum Gasteiger partial charge on any atom is -0.494 e. The first-order chi connectivity index (χ1) is 8.87. The second-order valence-electron chi connectivity index (χ2n) is 4.04. The van der Waals surface area contributed by atoms with Gasteiger partial charge < -0.3 is 10.1 Å². The fraction of sp³-hybridized carbons (Fsp3) is 0.538. The molecule has 6 heteroatoms. The molecule has 1 unspecified atom stereocenters. The lowest BCUT2D eigenvalue weighted by Gasteiger charge is -2.22. The highest BCUT2D eigenvalue weighted by Crippen LogP contribution is 2.35. The standard InChI is InChI=1S/C13H17BrF3NO/c1-3-18-11(8-13(15,16)17)10-7-9(14)5-6-12(10)19-4-2/h5-7,11,18H,3-4,8H2,1-2H3. The molecule has 1 rings (SSSR count). The van der Waals surface area contributed by atoms with Gasteiger partial charge in [0, 0.05) is 16.1 Å². The van der Waals surface area contributed by atoms with Crippen molar-refractivity contribution in [2.45, 2.75) is 32.5 Å². The van der Waals surface area contributed by atoms with Crippen molar-refractivity contribution < 1.29 is 17.9 Å². The van der Waals surface area contributed by atoms with E-state index in [9.17, 15) is 13.2 Å². The number of benzene rings is 1. The predicted molar refractivity (Wildman–Crippen MR) is 72.4 cm³/mol. The maximum Gasteiger partial charge on any atom is 0.390 e. The van der Waals surface area contributed by atoms with Crippen LogP contribution in [0.1, 0.15) is 31.9 Å². The van der Waals surface area contributed by atoms with E-state index < -0.39 is 18.6 Å². The molecule has 0 saturated heterocycles. The highest BCUT2D eigenvalue weighted by atomic mass is 79.9. The van der Waals surface area contributed by atoms with Gasteiger partial charge in [-0.1, -0.05) is 22.9 Å². The minimum atomic E-state index is -4.22. The van der Waals surface area contributed by atoms with Crippen molar-refractivity contribution in [2.75, 3.05) is 13.2 Å². The number of hydrogen-bond donors (Lipinski definition) is 1. The summed E-state index contributed by atoms with van der Waals surface area (Å²) in [7, 11) is 0. The lowest BCUT2D eigenvalue weighted by Crippen LogP contribution is -2.27. The van der Waals surface area contributed by atoms with Crippen LogP contribution in [0.3, 0.4) is 0 Å². The van der Waals surface area contributed by atoms with Crippen LogP contribution in [0.4, 0.5) is 13.2 Å². The molecule has 0 aromatic heterocycles. The minimum absolute atomic E-state index is 0.416. The Morgan fingerprint density at radius 3 is 2.53 bits per heavy atom. The molecule has 1 aromatic carbocycles. The monoisotopic (exact) mass is 339 g/mol. The van der Waals surface area contributed by atoms with Crippen molar-refractivity contribution in [3.8, 4) is 5.75 Å². The number of rotatable bonds is 6. The molecule has 19 heavy (non-hydrogen) atoms. The highest BCUT2D eigenvalue weighted by molar-refractivity contribution is 9.10. The van der Waals surface area contributed by atoms with E-state index in [2.05, 4.69) is 21.2 Å². The van der Waals surface area contributed by atoms with Crippen LogP contribution in [-0.2, 0) is 0 Å². The molecule has 0 aliphatic carbocycles. The smallest absolute Gasteiger partial charge is 0.390 e. The van der Waals surface area contributed by atoms with Gasteiger partial charge in [0.1, 0.15) is 5.75 Å². The van der Waals surface area contributed by atoms with Gasteiger partial charge in [0.2, 0.25) is 0 Å². The first-order valence-electron chi connectivity index (χ1n) is 6.09. The molecule has 0 heterocycles. The largest absolute Gasteiger partial charge is 0.494 e. The fourth-order valence-corrected chi connectivity index (χ4v) is 2.23. The molecule has 108 valence electrons. The van der Waals surface area contributed by atoms with Crippen molar-refractivity contribution in [1.82, 2.24) is 5.32 Å². The van der Waals surface area contributed by atoms with Gasteiger partial charge in [-0.15, -0.1) is 0 Å². The second-order valence-corrected chi connectivity index (χ2v) is 4.96. The average Bonchev–Trinajstić information content (AvgIpc) is 2.29. The molecule has 0 spiro atoms. The van der Waals surface area contributed by atoms with E-state index in [1.165, 1.54) is 0 Å². The van der Waals surface area contributed by atoms with Crippen molar-refractivity contribution >= 4 is 15.9 Å². The van der Waals surface area contributed by atoms with Gasteiger partial charge in [0.15, 0.2) is 0 Å². The molecule has 2 nitrogen and oxygen atoms in total. The molecule has 0 amide bonds. The normalized spacial score (nSPS) is 13.4. The summed E-state index contributed by atoms with van der Waals surface area (Å²) in [6.45, 7) is 4.46. The van der Waals surface area contributed by atoms with Crippen molar-refractivity contribution in [2.24, 2.45) is 0 Å². The van der Waals surface area contributed by atoms with Gasteiger partial charge in [-0.2, -0.15) is 13.2 Å². The van der Waals surface area contributed by atoms with Crippen molar-refractivity contribution in [3.63, 3.8) is 0 Å². The Bertz CT molecular complexity index is 409. The summed E-state index contributed by atoms with van der Waals surface area (Å²) >= 11 is 3.28. The SMILES string of the molecule is CCNC(CC(F)(F)F)c1cc(Br)ccc1OCC. The van der Waals surface area contributed by atoms with Crippen LogP contribution in [0.15, 0.2) is 22.7 Å². The lowest BCUT2D eigenvalue weighted by molar-refractivity contribution is -0.140. The number of hydrogen-bond acceptors (Lipinski definition) is 2. The summed E-state index contributed by atoms with van der Waals surface area (Å²) in [6, 6.07) is 4.31. The van der Waals surface area contributed by atoms with E-state index in [-0.39, 0.29) is 0 Å². The number of halogens is 4. The predicted octanol–water partition coefficient (Wildman–Crippen LogP) is 4.45. The van der Waals surface area contributed by atoms with E-state index in [0.29, 0.717) is 24.5 Å². The summed E-state index contributed by atoms with van der Waals surface area (Å²) in [5.74, 6) is 0.487. The third kappa shape index (κ3) is 5.40. The van der Waals surface area contributed by atoms with Gasteiger partial charge in [0.25, 0.3) is 0 Å². The van der Waals surface area contributed by atoms with Crippen LogP contribution in [0.5, 0.6) is 5.75 Å². The van der Waals surface area contributed by atoms with Crippen LogP contribution in [-0.4, -0.2) is 19.3 Å². The molecule has 0 bridgehead atoms. The van der Waals surface area contributed by atoms with Crippen LogP contribution in [0.25, 0.3) is 0 Å². The van der Waals surface area contributed by atoms with E-state index in [4.69, 9.17) is 4.74 Å². The number of alkyl halides is 3. The van der Waals surface area contributed by atoms with E-state index in [1.807, 2.05) is 0 Å². The molecule has 1 atom stereocenters. The molecule has 1 aromatic rings. The molecule has 0 radical (unpaired) electrons. The zero-order valence-electron chi connectivity index (χ0n) is 10.9. The zero-order chi connectivity index (χ0) is 14.5. The van der Waals surface area contributed by atoms with Crippen molar-refractivity contribution in [1.29, 1.82) is 0 Å². The Morgan fingerprint density at radius 1 is 1.32 bits per heavy atom. The molecule has 0 fully saturated rings. The molecule has 1 N–H and O–H groups in total. The Balaban J connectivity index is 3.08. The zero-order valence-corrected chi connectivity index (χ0v) is 12.4. The molecular weight excluding hydrogens is 323 g/mol. The van der Waals surface area contributed by atoms with Crippen LogP contribution in [0, 0.1) is 0 Å². The summed E-state index contributed by atoms with van der Waals surface area (Å²) in [6.07, 6.45) is -5.14. The number of ether oxygens (including phenoxy) is 1. The van der Waals surface area contributed by atoms with Crippen molar-refractivity contribution in [3.05, 3.63) is 28.2 Å². The molecule has 0 saturated carbocycles. The van der Waals surface area contributed by atoms with E-state index in [1.54, 1.807) is 32.0 Å². The van der Waals surface area contributed by atoms with Crippen LogP contribution < -0.4 is 10.1 Å². The summed E-state index contributed by atoms with van der Waals surface area (Å²) in [5.41, 5.74) is 0.524. The van der Waals surface area contributed by atoms with Gasteiger partial charge in [0.05, 0.1) is 13.0 Å². The molecular formula is C13H17BrF3NO. The topological polar surface area (TPSA) is 21.3 Å². The summed E-state index contributed by atoms with van der Waals surface area (Å²) < 4.78 is 44.1. The highest BCUT2D eigenvalue weighted by Gasteiger charge is 2.33. The van der Waals surface area contributed by atoms with E-state index >= 15 is 0 Å². The van der Waals surface area contributed by atoms with Gasteiger partial charge in [-0.25, -0.2) is 0 Å². The molecule has 0 aliphatic rings. The van der Waals surface area contributed by atoms with Gasteiger partial charge in [-0.3, -0.25) is 0 Å². The third-order valence-corrected chi connectivity index (χ3v) is 3.03. The molecule has 0 aliphatic heterocycles. The Morgan fingerprint density at radius 2 is 2.00 bits per heavy atom. The Kier molecular flexibility index (Phi) is 6.13. The van der Waals surface area contributed by atoms with E-state index in [0.717, 1.165) is 4.47 Å². The first kappa shape index (κ1) is 16.3. The third-order valence-electron chi connectivity index (χ3n) is 2.53. The van der Waals surface area contributed by atoms with Gasteiger partial charge >= 0.3 is 6.18 Å². The van der Waals surface area contributed by atoms with Crippen LogP contribution in [0.2, 0.25) is 0 Å². The number of nitrogens with one attached hydrogen (secondary N) is 1. The lowest BCUT2D eigenvalue weighted by atomic mass is 10.0. The van der Waals surface area contributed by atoms with Gasteiger partial charge in [-0.05, 0) is 31.7 Å². The quantitative estimate of drug-likeness (QED) is 0.826. The Labute approximate surface area is 119 Å². The average molecular weight is 340 g/mol. The first-order valence-corrected chi connectivity index (χ1v) is 6.89. The Hall–Kier alpha value is -0.750. The second kappa shape index (κ2) is 7.14. The summed E-state index contributed by atoms with van der Waals surface area (Å²) in [5, 5.41) is 2.86. The maximum atomic E-state index is 12.6. The fourth-order valence-electron chi connectivity index (χ4n) is 1.85. The summed E-state index contributed by atoms with van der Waals surface area (Å²) in [4.78, 5) is 0.